The quantitative estimate of drug-likeness (QED) is 0.177. The lowest BCUT2D eigenvalue weighted by Crippen LogP contribution is -2.21. The van der Waals surface area contributed by atoms with Crippen LogP contribution in [-0.4, -0.2) is 58.2 Å². The maximum Gasteiger partial charge on any atom is 0.219 e. The fourth-order valence-corrected chi connectivity index (χ4v) is 5.32. The second-order valence-corrected chi connectivity index (χ2v) is 10.4. The summed E-state index contributed by atoms with van der Waals surface area (Å²) in [5.74, 6) is 1.25. The fourth-order valence-electron chi connectivity index (χ4n) is 5.10. The number of rotatable bonds is 8. The molecule has 1 aliphatic heterocycles. The minimum Gasteiger partial charge on any atom is -0.488 e. The fraction of sp³-hybridized carbons (Fsp3) is 0.233. The van der Waals surface area contributed by atoms with Gasteiger partial charge in [-0.15, -0.1) is 0 Å². The molecule has 0 spiro atoms. The van der Waals surface area contributed by atoms with Gasteiger partial charge in [0.05, 0.1) is 16.8 Å². The number of aryl methyl sites for hydroxylation is 1. The highest BCUT2D eigenvalue weighted by atomic mass is 35.5. The summed E-state index contributed by atoms with van der Waals surface area (Å²) < 4.78 is 29.6. The molecule has 9 nitrogen and oxygen atoms in total. The Kier molecular flexibility index (Phi) is 7.10. The van der Waals surface area contributed by atoms with E-state index < -0.39 is 5.82 Å². The Morgan fingerprint density at radius 2 is 1.90 bits per heavy atom. The lowest BCUT2D eigenvalue weighted by molar-refractivity contribution is 0.263. The first kappa shape index (κ1) is 26.8. The van der Waals surface area contributed by atoms with Crippen LogP contribution in [0.3, 0.4) is 0 Å². The minimum atomic E-state index is -0.534. The van der Waals surface area contributed by atoms with Crippen LogP contribution in [-0.2, 0) is 6.54 Å². The number of hydrogen-bond acceptors (Lipinski definition) is 8. The topological polar surface area (TPSA) is 94.6 Å². The van der Waals surface area contributed by atoms with Crippen LogP contribution in [0.25, 0.3) is 22.2 Å². The summed E-state index contributed by atoms with van der Waals surface area (Å²) >= 11 is 6.66. The summed E-state index contributed by atoms with van der Waals surface area (Å²) in [6.45, 7) is 4.32. The summed E-state index contributed by atoms with van der Waals surface area (Å²) in [7, 11) is 3.98. The summed E-state index contributed by atoms with van der Waals surface area (Å²) in [5, 5.41) is 0.924. The van der Waals surface area contributed by atoms with Crippen molar-refractivity contribution in [3.05, 3.63) is 77.6 Å². The van der Waals surface area contributed by atoms with Crippen molar-refractivity contribution in [2.75, 3.05) is 44.4 Å². The molecule has 1 aliphatic rings. The van der Waals surface area contributed by atoms with E-state index in [1.54, 1.807) is 18.2 Å². The number of para-hydroxylation sites is 1. The highest BCUT2D eigenvalue weighted by molar-refractivity contribution is 6.35. The molecular formula is C30H29ClFN7O2. The molecule has 0 unspecified atom stereocenters. The van der Waals surface area contributed by atoms with E-state index >= 15 is 4.39 Å². The maximum atomic E-state index is 15.5. The summed E-state index contributed by atoms with van der Waals surface area (Å²) in [5.41, 5.74) is 10.5. The molecule has 210 valence electrons. The van der Waals surface area contributed by atoms with E-state index in [-0.39, 0.29) is 10.9 Å². The van der Waals surface area contributed by atoms with Gasteiger partial charge in [0.1, 0.15) is 29.6 Å². The number of nitrogens with zero attached hydrogens (tertiary/aromatic N) is 6. The average Bonchev–Trinajstić information content (AvgIpc) is 3.50. The minimum absolute atomic E-state index is 0.0682. The molecule has 2 N–H and O–H groups in total. The van der Waals surface area contributed by atoms with Crippen molar-refractivity contribution in [1.29, 1.82) is 0 Å². The van der Waals surface area contributed by atoms with E-state index in [9.17, 15) is 0 Å². The van der Waals surface area contributed by atoms with Crippen LogP contribution >= 0.6 is 11.6 Å². The van der Waals surface area contributed by atoms with Crippen LogP contribution in [0.2, 0.25) is 5.15 Å². The molecule has 0 fully saturated rings. The summed E-state index contributed by atoms with van der Waals surface area (Å²) in [4.78, 5) is 17.3. The Hall–Kier alpha value is -4.41. The average molecular weight is 574 g/mol. The van der Waals surface area contributed by atoms with Crippen molar-refractivity contribution < 1.29 is 13.9 Å². The van der Waals surface area contributed by atoms with Gasteiger partial charge in [-0.2, -0.15) is 0 Å². The number of nitrogen functional groups attached to an aromatic ring is 1. The molecule has 41 heavy (non-hydrogen) atoms. The van der Waals surface area contributed by atoms with E-state index in [4.69, 9.17) is 26.8 Å². The number of fused-ring (bicyclic) bond motifs is 3. The second kappa shape index (κ2) is 10.9. The monoisotopic (exact) mass is 573 g/mol. The zero-order valence-corrected chi connectivity index (χ0v) is 23.7. The molecule has 2 aromatic carbocycles. The Bertz CT molecular complexity index is 1760. The molecule has 11 heteroatoms. The molecule has 0 saturated heterocycles. The molecule has 0 saturated carbocycles. The number of halogens is 2. The van der Waals surface area contributed by atoms with Crippen LogP contribution in [0.5, 0.6) is 17.4 Å². The van der Waals surface area contributed by atoms with Crippen molar-refractivity contribution in [3.8, 4) is 28.5 Å². The van der Waals surface area contributed by atoms with Crippen molar-refractivity contribution in [2.24, 2.45) is 0 Å². The summed E-state index contributed by atoms with van der Waals surface area (Å²) in [6, 6.07) is 15.9. The number of likely N-dealkylation sites (N-methyl/N-ethyl adjacent to an activating group) is 1. The molecular weight excluding hydrogens is 545 g/mol. The van der Waals surface area contributed by atoms with Gasteiger partial charge in [-0.25, -0.2) is 19.3 Å². The van der Waals surface area contributed by atoms with E-state index in [1.807, 2.05) is 56.3 Å². The second-order valence-electron chi connectivity index (χ2n) is 10.1. The molecule has 0 bridgehead atoms. The molecule has 4 heterocycles. The largest absolute Gasteiger partial charge is 0.488 e. The van der Waals surface area contributed by atoms with Gasteiger partial charge < -0.3 is 29.6 Å². The highest BCUT2D eigenvalue weighted by Crippen LogP contribution is 2.49. The van der Waals surface area contributed by atoms with Gasteiger partial charge in [-0.3, -0.25) is 0 Å². The van der Waals surface area contributed by atoms with Gasteiger partial charge >= 0.3 is 0 Å². The third-order valence-corrected chi connectivity index (χ3v) is 7.25. The maximum absolute atomic E-state index is 15.5. The van der Waals surface area contributed by atoms with Crippen LogP contribution in [0.1, 0.15) is 5.69 Å². The van der Waals surface area contributed by atoms with E-state index in [2.05, 4.69) is 24.4 Å². The van der Waals surface area contributed by atoms with E-state index in [1.165, 1.54) is 12.4 Å². The van der Waals surface area contributed by atoms with Crippen molar-refractivity contribution in [3.63, 3.8) is 0 Å². The van der Waals surface area contributed by atoms with Gasteiger partial charge in [0.25, 0.3) is 0 Å². The normalized spacial score (nSPS) is 12.8. The van der Waals surface area contributed by atoms with E-state index in [0.29, 0.717) is 59.2 Å². The van der Waals surface area contributed by atoms with Crippen LogP contribution in [0, 0.1) is 12.7 Å². The Labute approximate surface area is 241 Å². The summed E-state index contributed by atoms with van der Waals surface area (Å²) in [6.07, 6.45) is 1.44. The first-order chi connectivity index (χ1) is 19.8. The molecule has 0 amide bonds. The van der Waals surface area contributed by atoms with E-state index in [0.717, 1.165) is 23.7 Å². The molecule has 0 radical (unpaired) electrons. The van der Waals surface area contributed by atoms with Crippen molar-refractivity contribution in [2.45, 2.75) is 13.5 Å². The number of nitrogens with two attached hydrogens (primary N) is 1. The SMILES string of the molecule is Cc1cccc(Oc2ccc(-c3c4n(c5ncnc(Cl)c35)CCN4c3cccc(N)c3OCCN(C)C)cc2F)n1. The lowest BCUT2D eigenvalue weighted by atomic mass is 10.0. The smallest absolute Gasteiger partial charge is 0.219 e. The molecule has 0 aliphatic carbocycles. The van der Waals surface area contributed by atoms with Gasteiger partial charge in [0, 0.05) is 37.0 Å². The van der Waals surface area contributed by atoms with Crippen molar-refractivity contribution in [1.82, 2.24) is 24.4 Å². The predicted octanol–water partition coefficient (Wildman–Crippen LogP) is 6.06. The Morgan fingerprint density at radius 3 is 2.68 bits per heavy atom. The number of anilines is 3. The number of pyridine rings is 1. The predicted molar refractivity (Wildman–Crippen MR) is 159 cm³/mol. The van der Waals surface area contributed by atoms with Crippen molar-refractivity contribution >= 4 is 39.8 Å². The Balaban J connectivity index is 1.47. The molecule has 3 aromatic heterocycles. The molecule has 6 rings (SSSR count). The Morgan fingerprint density at radius 1 is 1.07 bits per heavy atom. The van der Waals surface area contributed by atoms with Crippen LogP contribution < -0.4 is 20.1 Å². The third-order valence-electron chi connectivity index (χ3n) is 6.97. The van der Waals surface area contributed by atoms with Crippen LogP contribution in [0.15, 0.2) is 60.9 Å². The number of benzene rings is 2. The van der Waals surface area contributed by atoms with Gasteiger partial charge in [0.2, 0.25) is 5.88 Å². The van der Waals surface area contributed by atoms with Gasteiger partial charge in [-0.05, 0) is 56.9 Å². The zero-order chi connectivity index (χ0) is 28.7. The standard InChI is InChI=1S/C30H29ClFN7O2/c1-18-6-4-9-24(36-18)41-23-11-10-19(16-20(23)32)25-26-28(31)34-17-35-29(26)39-13-12-38(30(25)39)22-8-5-7-21(33)27(22)40-15-14-37(2)3/h4-11,16-17H,12-15,33H2,1-3H3. The third kappa shape index (κ3) is 5.00. The molecule has 0 atom stereocenters. The number of hydrogen-bond donors (Lipinski definition) is 1. The first-order valence-electron chi connectivity index (χ1n) is 13.2. The van der Waals surface area contributed by atoms with Gasteiger partial charge in [0.15, 0.2) is 17.3 Å². The lowest BCUT2D eigenvalue weighted by Gasteiger charge is -2.24. The molecule has 5 aromatic rings. The van der Waals surface area contributed by atoms with Gasteiger partial charge in [-0.1, -0.05) is 29.8 Å². The van der Waals surface area contributed by atoms with Crippen LogP contribution in [0.4, 0.5) is 21.6 Å². The zero-order valence-electron chi connectivity index (χ0n) is 22.9. The number of ether oxygens (including phenoxy) is 2. The number of aromatic nitrogens is 4. The highest BCUT2D eigenvalue weighted by Gasteiger charge is 2.33. The first-order valence-corrected chi connectivity index (χ1v) is 13.6.